The molecule has 0 radical (unpaired) electrons. The first-order valence-corrected chi connectivity index (χ1v) is 9.96. The molecule has 0 fully saturated rings. The van der Waals surface area contributed by atoms with Gasteiger partial charge >= 0.3 is 5.97 Å². The summed E-state index contributed by atoms with van der Waals surface area (Å²) >= 11 is 0. The van der Waals surface area contributed by atoms with Crippen LogP contribution >= 0.6 is 0 Å². The van der Waals surface area contributed by atoms with Crippen LogP contribution in [-0.4, -0.2) is 42.3 Å². The van der Waals surface area contributed by atoms with E-state index in [0.29, 0.717) is 35.1 Å². The second-order valence-electron chi connectivity index (χ2n) is 7.10. The quantitative estimate of drug-likeness (QED) is 0.480. The number of carbonyl (C=O) groups is 2. The van der Waals surface area contributed by atoms with E-state index < -0.39 is 12.6 Å². The summed E-state index contributed by atoms with van der Waals surface area (Å²) in [7, 11) is 3.14. The Morgan fingerprint density at radius 3 is 2.38 bits per heavy atom. The number of carbonyl (C=O) groups excluding carboxylic acids is 1. The molecule has 1 aromatic heterocycles. The van der Waals surface area contributed by atoms with E-state index in [9.17, 15) is 9.59 Å². The SMILES string of the molecule is COc1ccc(C(=O)c2cc(C)cn2C/C=C/c2cc(OCC(=O)O)ccc2OC)cc1. The smallest absolute Gasteiger partial charge is 0.341 e. The minimum absolute atomic E-state index is 0.0733. The van der Waals surface area contributed by atoms with Crippen LogP contribution in [0.2, 0.25) is 0 Å². The molecule has 7 nitrogen and oxygen atoms in total. The molecular formula is C25H25NO6. The Bertz CT molecular complexity index is 1130. The van der Waals surface area contributed by atoms with Crippen molar-refractivity contribution < 1.29 is 28.9 Å². The van der Waals surface area contributed by atoms with Crippen LogP contribution in [0.25, 0.3) is 6.08 Å². The van der Waals surface area contributed by atoms with E-state index in [-0.39, 0.29) is 5.78 Å². The maximum atomic E-state index is 13.0. The molecule has 32 heavy (non-hydrogen) atoms. The van der Waals surface area contributed by atoms with Gasteiger partial charge in [0.05, 0.1) is 19.9 Å². The van der Waals surface area contributed by atoms with Crippen molar-refractivity contribution in [1.29, 1.82) is 0 Å². The molecular weight excluding hydrogens is 410 g/mol. The lowest BCUT2D eigenvalue weighted by Gasteiger charge is -2.09. The van der Waals surface area contributed by atoms with Gasteiger partial charge in [-0.15, -0.1) is 0 Å². The molecule has 0 amide bonds. The van der Waals surface area contributed by atoms with Gasteiger partial charge in [-0.2, -0.15) is 0 Å². The molecule has 3 rings (SSSR count). The Morgan fingerprint density at radius 2 is 1.72 bits per heavy atom. The third-order valence-electron chi connectivity index (χ3n) is 4.78. The number of methoxy groups -OCH3 is 2. The minimum Gasteiger partial charge on any atom is -0.497 e. The minimum atomic E-state index is -1.05. The zero-order chi connectivity index (χ0) is 23.1. The van der Waals surface area contributed by atoms with Gasteiger partial charge in [0.2, 0.25) is 5.78 Å². The van der Waals surface area contributed by atoms with Gasteiger partial charge in [-0.25, -0.2) is 4.79 Å². The van der Waals surface area contributed by atoms with Crippen LogP contribution in [-0.2, 0) is 11.3 Å². The molecule has 1 heterocycles. The van der Waals surface area contributed by atoms with Crippen molar-refractivity contribution in [3.63, 3.8) is 0 Å². The van der Waals surface area contributed by atoms with E-state index in [2.05, 4.69) is 0 Å². The Hall–Kier alpha value is -4.00. The molecule has 0 bridgehead atoms. The number of rotatable bonds is 10. The number of benzene rings is 2. The molecule has 0 aliphatic rings. The van der Waals surface area contributed by atoms with Crippen LogP contribution < -0.4 is 14.2 Å². The molecule has 0 unspecified atom stereocenters. The maximum absolute atomic E-state index is 13.0. The molecule has 166 valence electrons. The number of nitrogens with zero attached hydrogens (tertiary/aromatic N) is 1. The summed E-state index contributed by atoms with van der Waals surface area (Å²) in [4.78, 5) is 23.7. The molecule has 7 heteroatoms. The summed E-state index contributed by atoms with van der Waals surface area (Å²) in [5.41, 5.74) is 2.89. The Labute approximate surface area is 186 Å². The fourth-order valence-corrected chi connectivity index (χ4v) is 3.26. The molecule has 3 aromatic rings. The van der Waals surface area contributed by atoms with Gasteiger partial charge in [0, 0.05) is 23.9 Å². The second-order valence-corrected chi connectivity index (χ2v) is 7.10. The highest BCUT2D eigenvalue weighted by atomic mass is 16.5. The van der Waals surface area contributed by atoms with Crippen molar-refractivity contribution in [3.05, 3.63) is 83.2 Å². The zero-order valence-electron chi connectivity index (χ0n) is 18.2. The van der Waals surface area contributed by atoms with E-state index in [1.54, 1.807) is 56.7 Å². The van der Waals surface area contributed by atoms with E-state index in [4.69, 9.17) is 19.3 Å². The Balaban J connectivity index is 1.79. The van der Waals surface area contributed by atoms with Crippen LogP contribution in [0.5, 0.6) is 17.2 Å². The zero-order valence-corrected chi connectivity index (χ0v) is 18.2. The number of hydrogen-bond donors (Lipinski definition) is 1. The first-order valence-electron chi connectivity index (χ1n) is 9.96. The molecule has 0 aliphatic carbocycles. The highest BCUT2D eigenvalue weighted by Gasteiger charge is 2.14. The van der Waals surface area contributed by atoms with Crippen LogP contribution in [0.4, 0.5) is 0 Å². The highest BCUT2D eigenvalue weighted by molar-refractivity contribution is 6.08. The van der Waals surface area contributed by atoms with E-state index >= 15 is 0 Å². The predicted octanol–water partition coefficient (Wildman–Crippen LogP) is 4.22. The van der Waals surface area contributed by atoms with Crippen LogP contribution in [0.15, 0.2) is 60.8 Å². The first-order chi connectivity index (χ1) is 15.4. The average Bonchev–Trinajstić information content (AvgIpc) is 3.17. The molecule has 1 N–H and O–H groups in total. The molecule has 0 saturated carbocycles. The third kappa shape index (κ3) is 5.57. The van der Waals surface area contributed by atoms with Gasteiger partial charge in [-0.05, 0) is 61.0 Å². The van der Waals surface area contributed by atoms with Crippen molar-refractivity contribution in [1.82, 2.24) is 4.57 Å². The molecule has 0 atom stereocenters. The number of allylic oxidation sites excluding steroid dienone is 1. The normalized spacial score (nSPS) is 10.8. The van der Waals surface area contributed by atoms with Gasteiger partial charge in [0.1, 0.15) is 17.2 Å². The summed E-state index contributed by atoms with van der Waals surface area (Å²) in [6, 6.07) is 14.0. The van der Waals surface area contributed by atoms with Gasteiger partial charge < -0.3 is 23.9 Å². The number of ketones is 1. The van der Waals surface area contributed by atoms with Crippen molar-refractivity contribution in [2.75, 3.05) is 20.8 Å². The average molecular weight is 435 g/mol. The van der Waals surface area contributed by atoms with Crippen LogP contribution in [0.3, 0.4) is 0 Å². The van der Waals surface area contributed by atoms with Gasteiger partial charge in [-0.1, -0.05) is 12.2 Å². The monoisotopic (exact) mass is 435 g/mol. The summed E-state index contributed by atoms with van der Waals surface area (Å²) in [5.74, 6) is 0.632. The van der Waals surface area contributed by atoms with Crippen molar-refractivity contribution in [3.8, 4) is 17.2 Å². The molecule has 2 aromatic carbocycles. The maximum Gasteiger partial charge on any atom is 0.341 e. The summed E-state index contributed by atoms with van der Waals surface area (Å²) < 4.78 is 17.7. The standard InChI is InChI=1S/C25H25NO6/c1-17-13-22(25(29)18-6-8-20(30-2)9-7-18)26(15-17)12-4-5-19-14-21(32-16-24(27)28)10-11-23(19)31-3/h4-11,13-15H,12,16H2,1-3H3,(H,27,28)/b5-4+. The third-order valence-corrected chi connectivity index (χ3v) is 4.78. The summed E-state index contributed by atoms with van der Waals surface area (Å²) in [6.07, 6.45) is 5.68. The Morgan fingerprint density at radius 1 is 1.00 bits per heavy atom. The summed E-state index contributed by atoms with van der Waals surface area (Å²) in [5, 5.41) is 8.79. The predicted molar refractivity (Wildman–Crippen MR) is 121 cm³/mol. The highest BCUT2D eigenvalue weighted by Crippen LogP contribution is 2.25. The topological polar surface area (TPSA) is 87.0 Å². The number of aromatic nitrogens is 1. The number of hydrogen-bond acceptors (Lipinski definition) is 5. The van der Waals surface area contributed by atoms with E-state index in [0.717, 1.165) is 11.1 Å². The summed E-state index contributed by atoms with van der Waals surface area (Å²) in [6.45, 7) is 1.99. The van der Waals surface area contributed by atoms with Crippen molar-refractivity contribution >= 4 is 17.8 Å². The first kappa shape index (κ1) is 22.7. The van der Waals surface area contributed by atoms with Crippen molar-refractivity contribution in [2.45, 2.75) is 13.5 Å². The van der Waals surface area contributed by atoms with Gasteiger partial charge in [-0.3, -0.25) is 4.79 Å². The molecule has 0 aliphatic heterocycles. The van der Waals surface area contributed by atoms with Gasteiger partial charge in [0.15, 0.2) is 6.61 Å². The van der Waals surface area contributed by atoms with E-state index in [1.165, 1.54) is 0 Å². The molecule has 0 saturated heterocycles. The Kier molecular flexibility index (Phi) is 7.33. The number of ether oxygens (including phenoxy) is 3. The fourth-order valence-electron chi connectivity index (χ4n) is 3.26. The molecule has 0 spiro atoms. The van der Waals surface area contributed by atoms with Crippen LogP contribution in [0, 0.1) is 6.92 Å². The number of aliphatic carboxylic acids is 1. The lowest BCUT2D eigenvalue weighted by molar-refractivity contribution is -0.139. The van der Waals surface area contributed by atoms with Crippen molar-refractivity contribution in [2.24, 2.45) is 0 Å². The van der Waals surface area contributed by atoms with E-state index in [1.807, 2.05) is 35.9 Å². The number of carboxylic acids is 1. The van der Waals surface area contributed by atoms with Gasteiger partial charge in [0.25, 0.3) is 0 Å². The lowest BCUT2D eigenvalue weighted by atomic mass is 10.1. The fraction of sp³-hybridized carbons (Fsp3) is 0.200. The number of carboxylic acid groups (broad SMARTS) is 1. The number of aryl methyl sites for hydroxylation is 1. The lowest BCUT2D eigenvalue weighted by Crippen LogP contribution is -2.09. The largest absolute Gasteiger partial charge is 0.497 e. The second kappa shape index (κ2) is 10.3. The van der Waals surface area contributed by atoms with Crippen LogP contribution in [0.1, 0.15) is 27.2 Å².